The lowest BCUT2D eigenvalue weighted by molar-refractivity contribution is -0.108. The summed E-state index contributed by atoms with van der Waals surface area (Å²) in [5, 5.41) is 0. The number of rotatable bonds is 12. The number of benzene rings is 2. The second kappa shape index (κ2) is 19.6. The second-order valence-corrected chi connectivity index (χ2v) is 16.7. The Labute approximate surface area is 308 Å². The van der Waals surface area contributed by atoms with Gasteiger partial charge in [-0.1, -0.05) is 24.3 Å². The van der Waals surface area contributed by atoms with Crippen LogP contribution in [0.4, 0.5) is 18.4 Å². The lowest BCUT2D eigenvalue weighted by Gasteiger charge is -2.47. The van der Waals surface area contributed by atoms with Gasteiger partial charge in [0.2, 0.25) is 0 Å². The predicted molar refractivity (Wildman–Crippen MR) is 200 cm³/mol. The van der Waals surface area contributed by atoms with Crippen molar-refractivity contribution in [3.63, 3.8) is 0 Å². The van der Waals surface area contributed by atoms with Crippen LogP contribution in [0.15, 0.2) is 48.5 Å². The molecular formula is C39H58F2N4O5S. The molecule has 0 spiro atoms. The van der Waals surface area contributed by atoms with Crippen molar-refractivity contribution in [1.29, 1.82) is 0 Å². The third kappa shape index (κ3) is 15.1. The van der Waals surface area contributed by atoms with E-state index in [9.17, 15) is 23.2 Å². The smallest absolute Gasteiger partial charge is 0.410 e. The number of carbonyl (C=O) groups is 3. The fourth-order valence-corrected chi connectivity index (χ4v) is 6.92. The third-order valence-electron chi connectivity index (χ3n) is 8.76. The molecule has 2 amide bonds. The molecule has 0 aliphatic carbocycles. The molecule has 2 saturated heterocycles. The quantitative estimate of drug-likeness (QED) is 0.211. The van der Waals surface area contributed by atoms with Crippen LogP contribution in [-0.2, 0) is 14.3 Å². The maximum atomic E-state index is 13.4. The summed E-state index contributed by atoms with van der Waals surface area (Å²) >= 11 is 2.05. The van der Waals surface area contributed by atoms with Gasteiger partial charge < -0.3 is 29.0 Å². The highest BCUT2D eigenvalue weighted by Crippen LogP contribution is 2.26. The standard InChI is InChI=1S/C23H36FN3O2S.C16H22FNO3/c1-23(2,3)29-22(28)25(4)15-19(18-5-7-20(24)8-6-18)9-10-26-16-21(17-26)27-11-13-30-14-12-27;1-16(2,3)21-15(20)18(4)11-13(9-10-19)12-5-7-14(17)8-6-12/h5-8,19,21H,9-17H2,1-4H3;5-8,10,13H,9,11H2,1-4H3. The molecule has 0 aromatic heterocycles. The number of ether oxygens (including phenoxy) is 2. The molecule has 0 N–H and O–H groups in total. The van der Waals surface area contributed by atoms with Crippen molar-refractivity contribution in [2.45, 2.75) is 83.5 Å². The SMILES string of the molecule is CN(CC(CC=O)c1ccc(F)cc1)C(=O)OC(C)(C)C.CN(CC(CCN1CC(N2CCSCC2)C1)c1ccc(F)cc1)C(=O)OC(C)(C)C. The molecule has 2 aromatic rings. The van der Waals surface area contributed by atoms with Crippen molar-refractivity contribution >= 4 is 30.2 Å². The lowest BCUT2D eigenvalue weighted by atomic mass is 9.94. The first-order valence-corrected chi connectivity index (χ1v) is 19.0. The van der Waals surface area contributed by atoms with Crippen LogP contribution in [0.1, 0.15) is 77.3 Å². The van der Waals surface area contributed by atoms with Gasteiger partial charge in [0, 0.05) is 89.2 Å². The van der Waals surface area contributed by atoms with Crippen molar-refractivity contribution in [2.75, 3.05) is 71.4 Å². The first kappa shape index (κ1) is 42.2. The van der Waals surface area contributed by atoms with E-state index >= 15 is 0 Å². The number of amides is 2. The molecule has 51 heavy (non-hydrogen) atoms. The van der Waals surface area contributed by atoms with Crippen LogP contribution in [0.25, 0.3) is 0 Å². The van der Waals surface area contributed by atoms with Crippen molar-refractivity contribution in [1.82, 2.24) is 19.6 Å². The first-order chi connectivity index (χ1) is 23.9. The molecule has 2 aromatic carbocycles. The van der Waals surface area contributed by atoms with Gasteiger partial charge in [-0.05, 0) is 89.9 Å². The Morgan fingerprint density at radius 3 is 1.67 bits per heavy atom. The van der Waals surface area contributed by atoms with Gasteiger partial charge >= 0.3 is 12.2 Å². The Bertz CT molecular complexity index is 1370. The number of likely N-dealkylation sites (tertiary alicyclic amines) is 1. The van der Waals surface area contributed by atoms with Gasteiger partial charge in [-0.15, -0.1) is 0 Å². The molecule has 2 aliphatic rings. The Morgan fingerprint density at radius 1 is 0.804 bits per heavy atom. The Balaban J connectivity index is 0.000000295. The van der Waals surface area contributed by atoms with E-state index in [1.165, 1.54) is 53.8 Å². The van der Waals surface area contributed by atoms with E-state index in [0.717, 1.165) is 43.5 Å². The van der Waals surface area contributed by atoms with E-state index in [1.807, 2.05) is 32.9 Å². The molecule has 0 bridgehead atoms. The Morgan fingerprint density at radius 2 is 1.24 bits per heavy atom. The molecule has 284 valence electrons. The minimum atomic E-state index is -0.568. The molecule has 0 saturated carbocycles. The number of halogens is 2. The summed E-state index contributed by atoms with van der Waals surface area (Å²) in [6.07, 6.45) is 1.24. The predicted octanol–water partition coefficient (Wildman–Crippen LogP) is 7.26. The highest BCUT2D eigenvalue weighted by atomic mass is 32.2. The van der Waals surface area contributed by atoms with Gasteiger partial charge in [0.25, 0.3) is 0 Å². The Hall–Kier alpha value is -3.22. The normalized spacial score (nSPS) is 16.9. The van der Waals surface area contributed by atoms with Crippen LogP contribution >= 0.6 is 11.8 Å². The van der Waals surface area contributed by atoms with Gasteiger partial charge in [0.05, 0.1) is 0 Å². The van der Waals surface area contributed by atoms with Crippen molar-refractivity contribution in [3.8, 4) is 0 Å². The second-order valence-electron chi connectivity index (χ2n) is 15.5. The van der Waals surface area contributed by atoms with Gasteiger partial charge in [0.1, 0.15) is 29.1 Å². The van der Waals surface area contributed by atoms with Crippen LogP contribution in [0.2, 0.25) is 0 Å². The maximum Gasteiger partial charge on any atom is 0.410 e. The van der Waals surface area contributed by atoms with Gasteiger partial charge in [-0.25, -0.2) is 18.4 Å². The van der Waals surface area contributed by atoms with Gasteiger partial charge in [-0.2, -0.15) is 11.8 Å². The summed E-state index contributed by atoms with van der Waals surface area (Å²) in [4.78, 5) is 43.4. The van der Waals surface area contributed by atoms with Crippen LogP contribution in [0.5, 0.6) is 0 Å². The van der Waals surface area contributed by atoms with E-state index < -0.39 is 17.3 Å². The van der Waals surface area contributed by atoms with Crippen molar-refractivity contribution < 1.29 is 32.6 Å². The van der Waals surface area contributed by atoms with Crippen molar-refractivity contribution in [2.24, 2.45) is 0 Å². The summed E-state index contributed by atoms with van der Waals surface area (Å²) in [6, 6.07) is 13.3. The molecule has 2 atom stereocenters. The van der Waals surface area contributed by atoms with Crippen LogP contribution in [-0.4, -0.2) is 127 Å². The molecule has 2 fully saturated rings. The number of hydrogen-bond donors (Lipinski definition) is 0. The number of aldehydes is 1. The average molecular weight is 733 g/mol. The van der Waals surface area contributed by atoms with Crippen LogP contribution in [0, 0.1) is 11.6 Å². The van der Waals surface area contributed by atoms with E-state index in [4.69, 9.17) is 9.47 Å². The maximum absolute atomic E-state index is 13.4. The number of carbonyl (C=O) groups excluding carboxylic acids is 3. The van der Waals surface area contributed by atoms with E-state index in [1.54, 1.807) is 51.9 Å². The summed E-state index contributed by atoms with van der Waals surface area (Å²) in [6.45, 7) is 17.6. The topological polar surface area (TPSA) is 82.6 Å². The third-order valence-corrected chi connectivity index (χ3v) is 9.70. The number of hydrogen-bond acceptors (Lipinski definition) is 8. The fourth-order valence-electron chi connectivity index (χ4n) is 5.99. The monoisotopic (exact) mass is 732 g/mol. The summed E-state index contributed by atoms with van der Waals surface area (Å²) in [5.41, 5.74) is 0.799. The number of thioether (sulfide) groups is 1. The van der Waals surface area contributed by atoms with Crippen molar-refractivity contribution in [3.05, 3.63) is 71.3 Å². The van der Waals surface area contributed by atoms with E-state index in [2.05, 4.69) is 21.6 Å². The largest absolute Gasteiger partial charge is 0.444 e. The first-order valence-electron chi connectivity index (χ1n) is 17.8. The van der Waals surface area contributed by atoms with Crippen LogP contribution < -0.4 is 0 Å². The summed E-state index contributed by atoms with van der Waals surface area (Å²) in [5.74, 6) is 1.90. The molecule has 9 nitrogen and oxygen atoms in total. The summed E-state index contributed by atoms with van der Waals surface area (Å²) < 4.78 is 37.2. The minimum Gasteiger partial charge on any atom is -0.444 e. The van der Waals surface area contributed by atoms with Gasteiger partial charge in [-0.3, -0.25) is 4.90 Å². The van der Waals surface area contributed by atoms with E-state index in [0.29, 0.717) is 19.1 Å². The molecule has 2 unspecified atom stereocenters. The molecular weight excluding hydrogens is 675 g/mol. The molecule has 0 radical (unpaired) electrons. The number of likely N-dealkylation sites (N-methyl/N-ethyl adjacent to an activating group) is 2. The average Bonchev–Trinajstić information content (AvgIpc) is 3.03. The zero-order chi connectivity index (χ0) is 37.8. The highest BCUT2D eigenvalue weighted by molar-refractivity contribution is 7.99. The summed E-state index contributed by atoms with van der Waals surface area (Å²) in [7, 11) is 3.40. The zero-order valence-corrected chi connectivity index (χ0v) is 32.5. The lowest BCUT2D eigenvalue weighted by Crippen LogP contribution is -2.61. The zero-order valence-electron chi connectivity index (χ0n) is 31.7. The van der Waals surface area contributed by atoms with E-state index in [-0.39, 0.29) is 36.0 Å². The van der Waals surface area contributed by atoms with Crippen LogP contribution in [0.3, 0.4) is 0 Å². The fraction of sp³-hybridized carbons (Fsp3) is 0.615. The molecule has 12 heteroatoms. The van der Waals surface area contributed by atoms with Gasteiger partial charge in [0.15, 0.2) is 0 Å². The molecule has 4 rings (SSSR count). The number of nitrogens with zero attached hydrogens (tertiary/aromatic N) is 4. The Kier molecular flexibility index (Phi) is 16.2. The highest BCUT2D eigenvalue weighted by Gasteiger charge is 2.33. The molecule has 2 aliphatic heterocycles. The molecule has 2 heterocycles. The minimum absolute atomic E-state index is 0.147.